The van der Waals surface area contributed by atoms with E-state index in [9.17, 15) is 9.59 Å². The third-order valence-corrected chi connectivity index (χ3v) is 6.39. The molecule has 1 heterocycles. The molecule has 2 aliphatic carbocycles. The van der Waals surface area contributed by atoms with Crippen LogP contribution in [0.3, 0.4) is 0 Å². The zero-order chi connectivity index (χ0) is 16.4. The standard InChI is InChI=1S/C18H31N3O2/c1-20(17(23)19-14-7-4-3-5-8-14)13-18-11-6-9-15(18)21(2)16(22)10-12-18/h14-15H,3-13H2,1-2H3,(H,19,23)/t15-,18+/m1/s1. The maximum atomic E-state index is 12.6. The van der Waals surface area contributed by atoms with Gasteiger partial charge in [0.15, 0.2) is 0 Å². The van der Waals surface area contributed by atoms with Crippen molar-refractivity contribution in [2.45, 2.75) is 76.3 Å². The SMILES string of the molecule is CN(C[C@@]12CCC[C@H]1N(C)C(=O)CC2)C(=O)NC1CCCCC1. The van der Waals surface area contributed by atoms with Crippen molar-refractivity contribution in [2.75, 3.05) is 20.6 Å². The topological polar surface area (TPSA) is 52.7 Å². The molecule has 0 spiro atoms. The molecule has 130 valence electrons. The number of likely N-dealkylation sites (tertiary alicyclic amines) is 1. The molecule has 23 heavy (non-hydrogen) atoms. The maximum absolute atomic E-state index is 12.6. The second-order valence-corrected chi connectivity index (χ2v) is 7.92. The Labute approximate surface area is 139 Å². The van der Waals surface area contributed by atoms with Gasteiger partial charge in [-0.1, -0.05) is 25.7 Å². The lowest BCUT2D eigenvalue weighted by molar-refractivity contribution is -0.140. The molecule has 0 aromatic carbocycles. The molecule has 3 rings (SSSR count). The number of carbonyl (C=O) groups excluding carboxylic acids is 2. The fourth-order valence-corrected chi connectivity index (χ4v) is 5.06. The maximum Gasteiger partial charge on any atom is 0.317 e. The van der Waals surface area contributed by atoms with E-state index in [0.717, 1.165) is 38.6 Å². The number of hydrogen-bond donors (Lipinski definition) is 1. The molecule has 2 atom stereocenters. The average molecular weight is 321 g/mol. The highest BCUT2D eigenvalue weighted by Crippen LogP contribution is 2.47. The van der Waals surface area contributed by atoms with E-state index in [4.69, 9.17) is 0 Å². The number of carbonyl (C=O) groups is 2. The Hall–Kier alpha value is -1.26. The van der Waals surface area contributed by atoms with Gasteiger partial charge >= 0.3 is 6.03 Å². The Bertz CT molecular complexity index is 461. The predicted molar refractivity (Wildman–Crippen MR) is 90.1 cm³/mol. The van der Waals surface area contributed by atoms with Crippen molar-refractivity contribution in [1.82, 2.24) is 15.1 Å². The smallest absolute Gasteiger partial charge is 0.317 e. The van der Waals surface area contributed by atoms with Gasteiger partial charge in [-0.2, -0.15) is 0 Å². The second kappa shape index (κ2) is 6.70. The molecular formula is C18H31N3O2. The Morgan fingerprint density at radius 1 is 1.22 bits per heavy atom. The third-order valence-electron chi connectivity index (χ3n) is 6.39. The third kappa shape index (κ3) is 3.33. The summed E-state index contributed by atoms with van der Waals surface area (Å²) in [5.74, 6) is 0.266. The van der Waals surface area contributed by atoms with Gasteiger partial charge in [-0.25, -0.2) is 4.79 Å². The molecule has 5 nitrogen and oxygen atoms in total. The summed E-state index contributed by atoms with van der Waals surface area (Å²) in [7, 11) is 3.85. The highest BCUT2D eigenvalue weighted by atomic mass is 16.2. The zero-order valence-corrected chi connectivity index (χ0v) is 14.6. The number of amides is 3. The van der Waals surface area contributed by atoms with Gasteiger partial charge in [-0.15, -0.1) is 0 Å². The van der Waals surface area contributed by atoms with Crippen molar-refractivity contribution in [3.8, 4) is 0 Å². The van der Waals surface area contributed by atoms with Crippen LogP contribution >= 0.6 is 0 Å². The summed E-state index contributed by atoms with van der Waals surface area (Å²) in [6.07, 6.45) is 10.9. The number of fused-ring (bicyclic) bond motifs is 1. The first-order valence-corrected chi connectivity index (χ1v) is 9.29. The van der Waals surface area contributed by atoms with E-state index >= 15 is 0 Å². The first kappa shape index (κ1) is 16.6. The lowest BCUT2D eigenvalue weighted by Crippen LogP contribution is -2.56. The van der Waals surface area contributed by atoms with Crippen LogP contribution in [0.1, 0.15) is 64.2 Å². The van der Waals surface area contributed by atoms with Gasteiger partial charge in [-0.3, -0.25) is 4.79 Å². The Morgan fingerprint density at radius 3 is 2.70 bits per heavy atom. The van der Waals surface area contributed by atoms with E-state index in [-0.39, 0.29) is 17.4 Å². The Kier molecular flexibility index (Phi) is 4.83. The van der Waals surface area contributed by atoms with E-state index in [2.05, 4.69) is 5.32 Å². The number of nitrogens with one attached hydrogen (secondary N) is 1. The summed E-state index contributed by atoms with van der Waals surface area (Å²) in [4.78, 5) is 28.4. The lowest BCUT2D eigenvalue weighted by Gasteiger charge is -2.46. The molecule has 1 saturated heterocycles. The van der Waals surface area contributed by atoms with Crippen molar-refractivity contribution in [3.05, 3.63) is 0 Å². The minimum atomic E-state index is 0.0662. The number of urea groups is 1. The number of hydrogen-bond acceptors (Lipinski definition) is 2. The van der Waals surface area contributed by atoms with Gasteiger partial charge in [0.1, 0.15) is 0 Å². The van der Waals surface area contributed by atoms with Crippen LogP contribution in [0.15, 0.2) is 0 Å². The van der Waals surface area contributed by atoms with E-state index in [1.807, 2.05) is 23.9 Å². The van der Waals surface area contributed by atoms with Crippen LogP contribution in [0.5, 0.6) is 0 Å². The Morgan fingerprint density at radius 2 is 1.96 bits per heavy atom. The monoisotopic (exact) mass is 321 g/mol. The molecular weight excluding hydrogens is 290 g/mol. The van der Waals surface area contributed by atoms with Crippen molar-refractivity contribution >= 4 is 11.9 Å². The molecule has 3 amide bonds. The van der Waals surface area contributed by atoms with Crippen molar-refractivity contribution < 1.29 is 9.59 Å². The van der Waals surface area contributed by atoms with Gasteiger partial charge in [0.2, 0.25) is 5.91 Å². The molecule has 0 aromatic heterocycles. The largest absolute Gasteiger partial charge is 0.342 e. The highest BCUT2D eigenvalue weighted by molar-refractivity contribution is 5.78. The number of nitrogens with zero attached hydrogens (tertiary/aromatic N) is 2. The second-order valence-electron chi connectivity index (χ2n) is 7.92. The summed E-state index contributed by atoms with van der Waals surface area (Å²) >= 11 is 0. The molecule has 2 saturated carbocycles. The molecule has 3 aliphatic rings. The fourth-order valence-electron chi connectivity index (χ4n) is 5.06. The molecule has 0 radical (unpaired) electrons. The quantitative estimate of drug-likeness (QED) is 0.869. The van der Waals surface area contributed by atoms with E-state index in [1.165, 1.54) is 25.7 Å². The van der Waals surface area contributed by atoms with Crippen LogP contribution < -0.4 is 5.32 Å². The summed E-state index contributed by atoms with van der Waals surface area (Å²) in [5.41, 5.74) is 0.112. The van der Waals surface area contributed by atoms with E-state index in [0.29, 0.717) is 18.5 Å². The number of rotatable bonds is 3. The van der Waals surface area contributed by atoms with Crippen LogP contribution in [0.2, 0.25) is 0 Å². The predicted octanol–water partition coefficient (Wildman–Crippen LogP) is 2.75. The highest BCUT2D eigenvalue weighted by Gasteiger charge is 2.49. The minimum Gasteiger partial charge on any atom is -0.342 e. The zero-order valence-electron chi connectivity index (χ0n) is 14.6. The van der Waals surface area contributed by atoms with Crippen molar-refractivity contribution in [1.29, 1.82) is 0 Å². The summed E-state index contributed by atoms with van der Waals surface area (Å²) in [6, 6.07) is 0.733. The first-order valence-electron chi connectivity index (χ1n) is 9.29. The molecule has 1 N–H and O–H groups in total. The fraction of sp³-hybridized carbons (Fsp3) is 0.889. The van der Waals surface area contributed by atoms with Gasteiger partial charge in [0.25, 0.3) is 0 Å². The number of piperidine rings is 1. The molecule has 0 unspecified atom stereocenters. The van der Waals surface area contributed by atoms with Gasteiger partial charge < -0.3 is 15.1 Å². The normalized spacial score (nSPS) is 31.8. The van der Waals surface area contributed by atoms with Gasteiger partial charge in [-0.05, 0) is 32.1 Å². The molecule has 3 fully saturated rings. The van der Waals surface area contributed by atoms with E-state index in [1.54, 1.807) is 0 Å². The molecule has 0 bridgehead atoms. The van der Waals surface area contributed by atoms with Crippen LogP contribution in [0, 0.1) is 5.41 Å². The van der Waals surface area contributed by atoms with Crippen molar-refractivity contribution in [3.63, 3.8) is 0 Å². The Balaban J connectivity index is 1.60. The van der Waals surface area contributed by atoms with Gasteiger partial charge in [0.05, 0.1) is 0 Å². The average Bonchev–Trinajstić information content (AvgIpc) is 2.96. The van der Waals surface area contributed by atoms with Gasteiger partial charge in [0, 0.05) is 44.6 Å². The van der Waals surface area contributed by atoms with E-state index < -0.39 is 0 Å². The van der Waals surface area contributed by atoms with Crippen LogP contribution in [-0.2, 0) is 4.79 Å². The van der Waals surface area contributed by atoms with Crippen LogP contribution in [-0.4, -0.2) is 54.5 Å². The summed E-state index contributed by atoms with van der Waals surface area (Å²) < 4.78 is 0. The van der Waals surface area contributed by atoms with Crippen LogP contribution in [0.4, 0.5) is 4.79 Å². The first-order chi connectivity index (χ1) is 11.0. The van der Waals surface area contributed by atoms with Crippen LogP contribution in [0.25, 0.3) is 0 Å². The molecule has 0 aromatic rings. The minimum absolute atomic E-state index is 0.0662. The molecule has 1 aliphatic heterocycles. The molecule has 5 heteroatoms. The lowest BCUT2D eigenvalue weighted by atomic mass is 9.74. The summed E-state index contributed by atoms with van der Waals surface area (Å²) in [6.45, 7) is 0.772. The van der Waals surface area contributed by atoms with Crippen molar-refractivity contribution in [2.24, 2.45) is 5.41 Å². The summed E-state index contributed by atoms with van der Waals surface area (Å²) in [5, 5.41) is 3.21.